The number of unbranched alkanes of at least 4 members (excludes halogenated alkanes) is 1. The van der Waals surface area contributed by atoms with Crippen molar-refractivity contribution >= 4 is 0 Å². The van der Waals surface area contributed by atoms with Crippen LogP contribution in [0.3, 0.4) is 0 Å². The maximum atomic E-state index is 13.9. The lowest BCUT2D eigenvalue weighted by Gasteiger charge is -2.24. The van der Waals surface area contributed by atoms with Crippen molar-refractivity contribution in [3.05, 3.63) is 35.1 Å². The van der Waals surface area contributed by atoms with Gasteiger partial charge in [-0.3, -0.25) is 4.90 Å². The quantitative estimate of drug-likeness (QED) is 0.748. The van der Waals surface area contributed by atoms with Crippen LogP contribution in [0.1, 0.15) is 43.9 Å². The van der Waals surface area contributed by atoms with E-state index in [1.807, 2.05) is 6.07 Å². The van der Waals surface area contributed by atoms with Gasteiger partial charge in [0.1, 0.15) is 5.82 Å². The first-order chi connectivity index (χ1) is 10.2. The monoisotopic (exact) mass is 293 g/mol. The van der Waals surface area contributed by atoms with Crippen LogP contribution in [0.5, 0.6) is 0 Å². The minimum absolute atomic E-state index is 0.0865. The zero-order valence-electron chi connectivity index (χ0n) is 13.3. The van der Waals surface area contributed by atoms with E-state index in [1.165, 1.54) is 6.42 Å². The third-order valence-electron chi connectivity index (χ3n) is 4.60. The van der Waals surface area contributed by atoms with Crippen LogP contribution in [0.4, 0.5) is 4.39 Å². The maximum Gasteiger partial charge on any atom is 0.128 e. The molecule has 0 saturated carbocycles. The zero-order valence-corrected chi connectivity index (χ0v) is 13.3. The first kappa shape index (κ1) is 16.4. The summed E-state index contributed by atoms with van der Waals surface area (Å²) in [5.41, 5.74) is 7.84. The molecule has 1 unspecified atom stereocenters. The Morgan fingerprint density at radius 2 is 2.05 bits per heavy atom. The largest absolute Gasteiger partial charge is 0.329 e. The standard InChI is InChI=1S/C17H28FN3/c1-3-20(4-2)10-5-6-11-21-13-15-14(17(21)12-19)8-7-9-16(15)18/h7-9,17H,3-6,10-13,19H2,1-2H3. The summed E-state index contributed by atoms with van der Waals surface area (Å²) in [7, 11) is 0. The second kappa shape index (κ2) is 7.87. The summed E-state index contributed by atoms with van der Waals surface area (Å²) >= 11 is 0. The molecule has 0 spiro atoms. The number of nitrogens with zero attached hydrogens (tertiary/aromatic N) is 2. The third-order valence-corrected chi connectivity index (χ3v) is 4.60. The van der Waals surface area contributed by atoms with Gasteiger partial charge in [0.25, 0.3) is 0 Å². The molecule has 0 fully saturated rings. The Labute approximate surface area is 127 Å². The highest BCUT2D eigenvalue weighted by Gasteiger charge is 2.30. The highest BCUT2D eigenvalue weighted by molar-refractivity contribution is 5.35. The summed E-state index contributed by atoms with van der Waals surface area (Å²) in [4.78, 5) is 4.77. The van der Waals surface area contributed by atoms with E-state index in [0.29, 0.717) is 13.1 Å². The van der Waals surface area contributed by atoms with Crippen LogP contribution in [0, 0.1) is 5.82 Å². The summed E-state index contributed by atoms with van der Waals surface area (Å²) in [6.07, 6.45) is 2.33. The normalized spacial score (nSPS) is 18.4. The van der Waals surface area contributed by atoms with Gasteiger partial charge in [-0.05, 0) is 50.7 Å². The van der Waals surface area contributed by atoms with E-state index in [0.717, 1.165) is 43.7 Å². The van der Waals surface area contributed by atoms with Gasteiger partial charge >= 0.3 is 0 Å². The van der Waals surface area contributed by atoms with Crippen LogP contribution >= 0.6 is 0 Å². The van der Waals surface area contributed by atoms with Gasteiger partial charge in [0.05, 0.1) is 0 Å². The lowest BCUT2D eigenvalue weighted by molar-refractivity contribution is 0.207. The summed E-state index contributed by atoms with van der Waals surface area (Å²) in [5.74, 6) is -0.0865. The van der Waals surface area contributed by atoms with E-state index in [1.54, 1.807) is 12.1 Å². The van der Waals surface area contributed by atoms with Gasteiger partial charge in [-0.1, -0.05) is 26.0 Å². The summed E-state index contributed by atoms with van der Waals surface area (Å²) in [5, 5.41) is 0. The third kappa shape index (κ3) is 3.82. The van der Waals surface area contributed by atoms with Crippen molar-refractivity contribution in [2.45, 2.75) is 39.3 Å². The summed E-state index contributed by atoms with van der Waals surface area (Å²) < 4.78 is 13.9. The average Bonchev–Trinajstić information content (AvgIpc) is 2.86. The molecule has 1 aromatic carbocycles. The Balaban J connectivity index is 1.86. The summed E-state index contributed by atoms with van der Waals surface area (Å²) in [6, 6.07) is 5.55. The fraction of sp³-hybridized carbons (Fsp3) is 0.647. The number of nitrogens with two attached hydrogens (primary N) is 1. The van der Waals surface area contributed by atoms with E-state index in [2.05, 4.69) is 23.6 Å². The van der Waals surface area contributed by atoms with Gasteiger partial charge in [-0.25, -0.2) is 4.39 Å². The van der Waals surface area contributed by atoms with Crippen LogP contribution in [0.25, 0.3) is 0 Å². The van der Waals surface area contributed by atoms with Gasteiger partial charge in [0.15, 0.2) is 0 Å². The number of hydrogen-bond donors (Lipinski definition) is 1. The number of fused-ring (bicyclic) bond motifs is 1. The van der Waals surface area contributed by atoms with Gasteiger partial charge in [0.2, 0.25) is 0 Å². The lowest BCUT2D eigenvalue weighted by Crippen LogP contribution is -2.30. The first-order valence-corrected chi connectivity index (χ1v) is 8.15. The second-order valence-corrected chi connectivity index (χ2v) is 5.76. The molecule has 21 heavy (non-hydrogen) atoms. The summed E-state index contributed by atoms with van der Waals surface area (Å²) in [6.45, 7) is 10.0. The second-order valence-electron chi connectivity index (χ2n) is 5.76. The SMILES string of the molecule is CCN(CC)CCCCN1Cc2c(F)cccc2C1CN. The predicted molar refractivity (Wildman–Crippen MR) is 85.6 cm³/mol. The molecule has 0 amide bonds. The molecule has 0 aromatic heterocycles. The maximum absolute atomic E-state index is 13.9. The van der Waals surface area contributed by atoms with Crippen molar-refractivity contribution in [1.29, 1.82) is 0 Å². The van der Waals surface area contributed by atoms with E-state index in [-0.39, 0.29) is 11.9 Å². The lowest BCUT2D eigenvalue weighted by atomic mass is 10.0. The van der Waals surface area contributed by atoms with E-state index >= 15 is 0 Å². The van der Waals surface area contributed by atoms with E-state index in [4.69, 9.17) is 5.73 Å². The molecule has 2 rings (SSSR count). The van der Waals surface area contributed by atoms with Crippen molar-refractivity contribution in [2.75, 3.05) is 32.7 Å². The Kier molecular flexibility index (Phi) is 6.15. The molecule has 2 N–H and O–H groups in total. The Morgan fingerprint density at radius 1 is 1.29 bits per heavy atom. The van der Waals surface area contributed by atoms with Crippen molar-refractivity contribution < 1.29 is 4.39 Å². The number of rotatable bonds is 8. The van der Waals surface area contributed by atoms with Gasteiger partial charge in [-0.15, -0.1) is 0 Å². The molecular formula is C17H28FN3. The molecular weight excluding hydrogens is 265 g/mol. The topological polar surface area (TPSA) is 32.5 Å². The minimum Gasteiger partial charge on any atom is -0.329 e. The Bertz CT molecular complexity index is 446. The molecule has 1 aliphatic rings. The van der Waals surface area contributed by atoms with Crippen LogP contribution in [-0.4, -0.2) is 42.5 Å². The molecule has 0 radical (unpaired) electrons. The van der Waals surface area contributed by atoms with Crippen LogP contribution in [0.15, 0.2) is 18.2 Å². The molecule has 0 saturated heterocycles. The van der Waals surface area contributed by atoms with E-state index < -0.39 is 0 Å². The molecule has 0 bridgehead atoms. The fourth-order valence-electron chi connectivity index (χ4n) is 3.27. The molecule has 4 heteroatoms. The number of benzene rings is 1. The Hall–Kier alpha value is -0.970. The number of halogens is 1. The van der Waals surface area contributed by atoms with Crippen LogP contribution in [-0.2, 0) is 6.54 Å². The Morgan fingerprint density at radius 3 is 2.71 bits per heavy atom. The van der Waals surface area contributed by atoms with Crippen molar-refractivity contribution in [1.82, 2.24) is 9.80 Å². The highest BCUT2D eigenvalue weighted by Crippen LogP contribution is 2.34. The van der Waals surface area contributed by atoms with Crippen molar-refractivity contribution in [3.8, 4) is 0 Å². The van der Waals surface area contributed by atoms with Gasteiger partial charge < -0.3 is 10.6 Å². The zero-order chi connectivity index (χ0) is 15.2. The predicted octanol–water partition coefficient (Wildman–Crippen LogP) is 2.76. The fourth-order valence-corrected chi connectivity index (χ4v) is 3.27. The molecule has 1 aromatic rings. The number of hydrogen-bond acceptors (Lipinski definition) is 3. The average molecular weight is 293 g/mol. The molecule has 118 valence electrons. The van der Waals surface area contributed by atoms with Crippen LogP contribution in [0.2, 0.25) is 0 Å². The van der Waals surface area contributed by atoms with Crippen LogP contribution < -0.4 is 5.73 Å². The molecule has 1 aliphatic heterocycles. The van der Waals surface area contributed by atoms with Gasteiger partial charge in [0, 0.05) is 24.7 Å². The van der Waals surface area contributed by atoms with Crippen molar-refractivity contribution in [3.63, 3.8) is 0 Å². The minimum atomic E-state index is -0.0865. The highest BCUT2D eigenvalue weighted by atomic mass is 19.1. The molecule has 3 nitrogen and oxygen atoms in total. The molecule has 0 aliphatic carbocycles. The van der Waals surface area contributed by atoms with Crippen molar-refractivity contribution in [2.24, 2.45) is 5.73 Å². The first-order valence-electron chi connectivity index (χ1n) is 8.15. The van der Waals surface area contributed by atoms with E-state index in [9.17, 15) is 4.39 Å². The molecule has 1 heterocycles. The smallest absolute Gasteiger partial charge is 0.128 e. The molecule has 1 atom stereocenters. The van der Waals surface area contributed by atoms with Gasteiger partial charge in [-0.2, -0.15) is 0 Å².